The molecule has 0 atom stereocenters. The highest BCUT2D eigenvalue weighted by Crippen LogP contribution is 2.27. The summed E-state index contributed by atoms with van der Waals surface area (Å²) in [5.41, 5.74) is 6.63. The Morgan fingerprint density at radius 3 is 2.39 bits per heavy atom. The molecule has 1 aromatic rings. The van der Waals surface area contributed by atoms with E-state index in [0.717, 1.165) is 6.54 Å². The minimum Gasteiger partial charge on any atom is -0.399 e. The molecule has 0 aromatic heterocycles. The van der Waals surface area contributed by atoms with Crippen LogP contribution in [0, 0.1) is 5.92 Å². The van der Waals surface area contributed by atoms with Crippen LogP contribution >= 0.6 is 0 Å². The molecule has 0 bridgehead atoms. The van der Waals surface area contributed by atoms with Crippen molar-refractivity contribution >= 4 is 21.4 Å². The summed E-state index contributed by atoms with van der Waals surface area (Å²) in [5, 5.41) is 5.24. The summed E-state index contributed by atoms with van der Waals surface area (Å²) in [6.07, 6.45) is 0. The fraction of sp³-hybridized carbons (Fsp3) is 0.500. The molecule has 0 spiro atoms. The minimum atomic E-state index is -3.77. The quantitative estimate of drug-likeness (QED) is 0.792. The Balaban J connectivity index is 3.30. The lowest BCUT2D eigenvalue weighted by Crippen LogP contribution is -2.29. The third kappa shape index (κ3) is 3.61. The molecule has 0 aliphatic carbocycles. The number of anilines is 2. The number of hydrogen-bond acceptors (Lipinski definition) is 4. The standard InChI is InChI=1S/C12H21N3O2S/c1-4-15(8-9(2)3)11-6-5-10(13)7-12(11)18(14,16)17/h5-7,9H,4,8,13H2,1-3H3,(H2,14,16,17). The van der Waals surface area contributed by atoms with Crippen LogP contribution in [0.5, 0.6) is 0 Å². The molecule has 5 nitrogen and oxygen atoms in total. The molecule has 0 aliphatic rings. The lowest BCUT2D eigenvalue weighted by Gasteiger charge is -2.27. The van der Waals surface area contributed by atoms with Crippen LogP contribution in [0.2, 0.25) is 0 Å². The van der Waals surface area contributed by atoms with Crippen molar-refractivity contribution in [2.75, 3.05) is 23.7 Å². The molecule has 102 valence electrons. The van der Waals surface area contributed by atoms with Crippen LogP contribution in [0.15, 0.2) is 23.1 Å². The van der Waals surface area contributed by atoms with Gasteiger partial charge in [0.1, 0.15) is 4.90 Å². The van der Waals surface area contributed by atoms with E-state index < -0.39 is 10.0 Å². The normalized spacial score (nSPS) is 11.8. The first-order valence-corrected chi connectivity index (χ1v) is 7.47. The number of primary sulfonamides is 1. The van der Waals surface area contributed by atoms with E-state index >= 15 is 0 Å². The zero-order valence-electron chi connectivity index (χ0n) is 11.1. The Morgan fingerprint density at radius 2 is 1.94 bits per heavy atom. The molecule has 0 unspecified atom stereocenters. The topological polar surface area (TPSA) is 89.4 Å². The molecule has 1 rings (SSSR count). The number of hydrogen-bond donors (Lipinski definition) is 2. The second-order valence-electron chi connectivity index (χ2n) is 4.70. The molecule has 0 saturated heterocycles. The SMILES string of the molecule is CCN(CC(C)C)c1ccc(N)cc1S(N)(=O)=O. The molecule has 4 N–H and O–H groups in total. The van der Waals surface area contributed by atoms with E-state index in [1.54, 1.807) is 12.1 Å². The van der Waals surface area contributed by atoms with Crippen molar-refractivity contribution in [1.82, 2.24) is 0 Å². The lowest BCUT2D eigenvalue weighted by molar-refractivity contribution is 0.593. The van der Waals surface area contributed by atoms with Crippen molar-refractivity contribution in [1.29, 1.82) is 0 Å². The molecule has 0 aliphatic heterocycles. The predicted octanol–water partition coefficient (Wildman–Crippen LogP) is 1.40. The number of rotatable bonds is 5. The summed E-state index contributed by atoms with van der Waals surface area (Å²) in [4.78, 5) is 2.08. The molecule has 1 aromatic carbocycles. The molecule has 0 saturated carbocycles. The van der Waals surface area contributed by atoms with Crippen molar-refractivity contribution < 1.29 is 8.42 Å². The Morgan fingerprint density at radius 1 is 1.33 bits per heavy atom. The van der Waals surface area contributed by atoms with Crippen molar-refractivity contribution in [3.05, 3.63) is 18.2 Å². The van der Waals surface area contributed by atoms with Crippen molar-refractivity contribution in [3.8, 4) is 0 Å². The van der Waals surface area contributed by atoms with Crippen molar-refractivity contribution in [3.63, 3.8) is 0 Å². The van der Waals surface area contributed by atoms with Gasteiger partial charge in [-0.25, -0.2) is 13.6 Å². The number of benzene rings is 1. The van der Waals surface area contributed by atoms with Gasteiger partial charge in [0.15, 0.2) is 0 Å². The first-order chi connectivity index (χ1) is 8.25. The summed E-state index contributed by atoms with van der Waals surface area (Å²) in [5.74, 6) is 0.427. The van der Waals surface area contributed by atoms with Crippen molar-refractivity contribution in [2.24, 2.45) is 11.1 Å². The second-order valence-corrected chi connectivity index (χ2v) is 6.23. The van der Waals surface area contributed by atoms with Gasteiger partial charge in [0.2, 0.25) is 10.0 Å². The minimum absolute atomic E-state index is 0.0880. The first-order valence-electron chi connectivity index (χ1n) is 5.93. The monoisotopic (exact) mass is 271 g/mol. The van der Waals surface area contributed by atoms with E-state index in [-0.39, 0.29) is 4.90 Å². The third-order valence-corrected chi connectivity index (χ3v) is 3.54. The van der Waals surface area contributed by atoms with Gasteiger partial charge in [-0.1, -0.05) is 13.8 Å². The van der Waals surface area contributed by atoms with Gasteiger partial charge in [-0.2, -0.15) is 0 Å². The van der Waals surface area contributed by atoms with Gasteiger partial charge in [0, 0.05) is 18.8 Å². The fourth-order valence-electron chi connectivity index (χ4n) is 1.86. The Labute approximate surface area is 109 Å². The van der Waals surface area contributed by atoms with E-state index in [1.165, 1.54) is 6.07 Å². The van der Waals surface area contributed by atoms with Crippen molar-refractivity contribution in [2.45, 2.75) is 25.7 Å². The molecule has 0 amide bonds. The highest BCUT2D eigenvalue weighted by Gasteiger charge is 2.18. The van der Waals surface area contributed by atoms with Crippen LogP contribution in [0.4, 0.5) is 11.4 Å². The largest absolute Gasteiger partial charge is 0.399 e. The van der Waals surface area contributed by atoms with Gasteiger partial charge in [0.05, 0.1) is 5.69 Å². The average Bonchev–Trinajstić information content (AvgIpc) is 2.24. The summed E-state index contributed by atoms with van der Waals surface area (Å²) in [7, 11) is -3.77. The van der Waals surface area contributed by atoms with Gasteiger partial charge in [-0.3, -0.25) is 0 Å². The Kier molecular flexibility index (Phi) is 4.59. The molecule has 0 radical (unpaired) electrons. The van der Waals surface area contributed by atoms with E-state index in [2.05, 4.69) is 13.8 Å². The highest BCUT2D eigenvalue weighted by molar-refractivity contribution is 7.89. The maximum Gasteiger partial charge on any atom is 0.240 e. The van der Waals surface area contributed by atoms with Crippen LogP contribution in [0.25, 0.3) is 0 Å². The second kappa shape index (κ2) is 5.58. The van der Waals surface area contributed by atoms with Gasteiger partial charge in [0.25, 0.3) is 0 Å². The molecular weight excluding hydrogens is 250 g/mol. The first kappa shape index (κ1) is 14.8. The number of sulfonamides is 1. The van der Waals surface area contributed by atoms with E-state index in [0.29, 0.717) is 23.8 Å². The van der Waals surface area contributed by atoms with Crippen LogP contribution in [-0.2, 0) is 10.0 Å². The molecule has 18 heavy (non-hydrogen) atoms. The van der Waals surface area contributed by atoms with Gasteiger partial charge < -0.3 is 10.6 Å². The summed E-state index contributed by atoms with van der Waals surface area (Å²) in [6.45, 7) is 7.62. The zero-order valence-corrected chi connectivity index (χ0v) is 11.9. The van der Waals surface area contributed by atoms with Gasteiger partial charge in [-0.15, -0.1) is 0 Å². The Hall–Kier alpha value is -1.27. The molecule has 0 fully saturated rings. The van der Waals surface area contributed by atoms with Crippen LogP contribution in [0.3, 0.4) is 0 Å². The predicted molar refractivity (Wildman–Crippen MR) is 75.0 cm³/mol. The summed E-state index contributed by atoms with van der Waals surface area (Å²) >= 11 is 0. The maximum atomic E-state index is 11.6. The van der Waals surface area contributed by atoms with Crippen LogP contribution in [-0.4, -0.2) is 21.5 Å². The number of nitrogens with zero attached hydrogens (tertiary/aromatic N) is 1. The summed E-state index contributed by atoms with van der Waals surface area (Å²) < 4.78 is 23.2. The zero-order chi connectivity index (χ0) is 13.9. The third-order valence-electron chi connectivity index (χ3n) is 2.60. The van der Waals surface area contributed by atoms with E-state index in [9.17, 15) is 8.42 Å². The summed E-state index contributed by atoms with van der Waals surface area (Å²) in [6, 6.07) is 4.81. The maximum absolute atomic E-state index is 11.6. The average molecular weight is 271 g/mol. The highest BCUT2D eigenvalue weighted by atomic mass is 32.2. The number of nitrogens with two attached hydrogens (primary N) is 2. The Bertz CT molecular complexity index is 512. The molecule has 6 heteroatoms. The lowest BCUT2D eigenvalue weighted by atomic mass is 10.2. The van der Waals surface area contributed by atoms with E-state index in [4.69, 9.17) is 10.9 Å². The van der Waals surface area contributed by atoms with Gasteiger partial charge >= 0.3 is 0 Å². The smallest absolute Gasteiger partial charge is 0.240 e. The number of nitrogen functional groups attached to an aromatic ring is 1. The van der Waals surface area contributed by atoms with Crippen LogP contribution < -0.4 is 15.8 Å². The molecular formula is C12H21N3O2S. The fourth-order valence-corrected chi connectivity index (χ4v) is 2.65. The van der Waals surface area contributed by atoms with Gasteiger partial charge in [-0.05, 0) is 31.0 Å². The molecule has 0 heterocycles. The van der Waals surface area contributed by atoms with Crippen LogP contribution in [0.1, 0.15) is 20.8 Å². The van der Waals surface area contributed by atoms with E-state index in [1.807, 2.05) is 11.8 Å².